The summed E-state index contributed by atoms with van der Waals surface area (Å²) in [6.45, 7) is 3.47. The SMILES string of the molecule is COC(=O)c1ccnc(-c2cc(C(=O)OC)ccn2)c1.COC(=O)c1ccnc(-c2cc(C(=O)OC)ccn2)c1.Cc1ccnc(-c2cc(CCC3OCCO3)ccn2)c1.[Os]. The van der Waals surface area contributed by atoms with Crippen molar-refractivity contribution in [3.63, 3.8) is 0 Å². The van der Waals surface area contributed by atoms with Gasteiger partial charge in [-0.1, -0.05) is 0 Å². The van der Waals surface area contributed by atoms with Crippen LogP contribution in [0.15, 0.2) is 110 Å². The number of aryl methyl sites for hydroxylation is 2. The first-order chi connectivity index (χ1) is 29.1. The molecule has 1 aliphatic rings. The maximum absolute atomic E-state index is 11.5. The number of esters is 4. The first kappa shape index (κ1) is 47.0. The van der Waals surface area contributed by atoms with Crippen LogP contribution >= 0.6 is 0 Å². The molecule has 1 aliphatic heterocycles. The predicted molar refractivity (Wildman–Crippen MR) is 217 cm³/mol. The fourth-order valence-electron chi connectivity index (χ4n) is 5.57. The molecular formula is C44H42N6O10Os. The van der Waals surface area contributed by atoms with Gasteiger partial charge in [-0.15, -0.1) is 0 Å². The quantitative estimate of drug-likeness (QED) is 0.111. The van der Waals surface area contributed by atoms with Crippen molar-refractivity contribution in [3.05, 3.63) is 143 Å². The fourth-order valence-corrected chi connectivity index (χ4v) is 5.57. The molecule has 1 saturated heterocycles. The smallest absolute Gasteiger partial charge is 0.337 e. The van der Waals surface area contributed by atoms with E-state index in [1.165, 1.54) is 64.4 Å². The number of aromatic nitrogens is 6. The maximum Gasteiger partial charge on any atom is 0.337 e. The molecule has 316 valence electrons. The van der Waals surface area contributed by atoms with Crippen molar-refractivity contribution in [1.29, 1.82) is 0 Å². The molecule has 1 fully saturated rings. The van der Waals surface area contributed by atoms with Crippen molar-refractivity contribution >= 4 is 23.9 Å². The van der Waals surface area contributed by atoms with Gasteiger partial charge in [0.1, 0.15) is 0 Å². The summed E-state index contributed by atoms with van der Waals surface area (Å²) in [7, 11) is 5.22. The molecule has 0 unspecified atom stereocenters. The average Bonchev–Trinajstić information content (AvgIpc) is 3.84. The van der Waals surface area contributed by atoms with Crippen LogP contribution in [0.1, 0.15) is 59.0 Å². The van der Waals surface area contributed by atoms with Crippen molar-refractivity contribution in [3.8, 4) is 34.2 Å². The van der Waals surface area contributed by atoms with Gasteiger partial charge in [0, 0.05) is 63.4 Å². The van der Waals surface area contributed by atoms with E-state index < -0.39 is 23.9 Å². The van der Waals surface area contributed by atoms with Gasteiger partial charge in [0.15, 0.2) is 6.29 Å². The van der Waals surface area contributed by atoms with Gasteiger partial charge in [0.2, 0.25) is 0 Å². The van der Waals surface area contributed by atoms with Gasteiger partial charge < -0.3 is 28.4 Å². The van der Waals surface area contributed by atoms with Crippen molar-refractivity contribution < 1.29 is 67.4 Å². The molecule has 0 radical (unpaired) electrons. The summed E-state index contributed by atoms with van der Waals surface area (Å²) >= 11 is 0. The number of hydrogen-bond acceptors (Lipinski definition) is 16. The number of carbonyl (C=O) groups excluding carboxylic acids is 4. The Bertz CT molecular complexity index is 2200. The summed E-state index contributed by atoms with van der Waals surface area (Å²) in [6, 6.07) is 20.5. The van der Waals surface area contributed by atoms with Crippen LogP contribution in [0.25, 0.3) is 34.2 Å². The van der Waals surface area contributed by atoms with E-state index >= 15 is 0 Å². The van der Waals surface area contributed by atoms with E-state index in [-0.39, 0.29) is 26.1 Å². The van der Waals surface area contributed by atoms with Crippen LogP contribution in [0.2, 0.25) is 0 Å². The Kier molecular flexibility index (Phi) is 18.4. The first-order valence-electron chi connectivity index (χ1n) is 18.4. The molecule has 0 amide bonds. The average molecular weight is 1010 g/mol. The number of nitrogens with zero attached hydrogens (tertiary/aromatic N) is 6. The van der Waals surface area contributed by atoms with Gasteiger partial charge >= 0.3 is 23.9 Å². The first-order valence-corrected chi connectivity index (χ1v) is 18.4. The zero-order valence-electron chi connectivity index (χ0n) is 33.9. The van der Waals surface area contributed by atoms with Crippen LogP contribution in [0.5, 0.6) is 0 Å². The van der Waals surface area contributed by atoms with Gasteiger partial charge in [-0.3, -0.25) is 29.9 Å². The van der Waals surface area contributed by atoms with E-state index in [1.54, 1.807) is 48.5 Å². The summed E-state index contributed by atoms with van der Waals surface area (Å²) in [5.41, 5.74) is 7.60. The van der Waals surface area contributed by atoms with Crippen LogP contribution in [0.4, 0.5) is 0 Å². The van der Waals surface area contributed by atoms with Gasteiger partial charge in [-0.05, 0) is 97.3 Å². The summed E-state index contributed by atoms with van der Waals surface area (Å²) in [6.07, 6.45) is 11.3. The van der Waals surface area contributed by atoms with Crippen molar-refractivity contribution in [2.75, 3.05) is 41.7 Å². The number of ether oxygens (including phenoxy) is 6. The molecular weight excluding hydrogens is 963 g/mol. The summed E-state index contributed by atoms with van der Waals surface area (Å²) in [5, 5.41) is 0. The fraction of sp³-hybridized carbons (Fsp3) is 0.227. The van der Waals surface area contributed by atoms with Crippen molar-refractivity contribution in [1.82, 2.24) is 29.9 Å². The predicted octanol–water partition coefficient (Wildman–Crippen LogP) is 6.19. The summed E-state index contributed by atoms with van der Waals surface area (Å²) in [5.74, 6) is -1.84. The Labute approximate surface area is 365 Å². The molecule has 16 nitrogen and oxygen atoms in total. The number of hydrogen-bond donors (Lipinski definition) is 0. The minimum Gasteiger partial charge on any atom is -0.465 e. The molecule has 0 atom stereocenters. The second-order valence-corrected chi connectivity index (χ2v) is 12.7. The molecule has 61 heavy (non-hydrogen) atoms. The number of rotatable bonds is 10. The van der Waals surface area contributed by atoms with E-state index in [0.717, 1.165) is 24.2 Å². The second kappa shape index (κ2) is 23.8. The Morgan fingerprint density at radius 3 is 1.15 bits per heavy atom. The maximum atomic E-state index is 11.5. The topological polar surface area (TPSA) is 201 Å². The molecule has 0 bridgehead atoms. The summed E-state index contributed by atoms with van der Waals surface area (Å²) < 4.78 is 29.5. The zero-order chi connectivity index (χ0) is 42.9. The normalized spacial score (nSPS) is 11.6. The van der Waals surface area contributed by atoms with E-state index in [9.17, 15) is 19.2 Å². The van der Waals surface area contributed by atoms with E-state index in [0.29, 0.717) is 58.2 Å². The van der Waals surface area contributed by atoms with E-state index in [1.807, 2.05) is 24.5 Å². The Hall–Kier alpha value is -6.66. The standard InChI is InChI=1S/C16H18N2O2.2C14H12N2O4.Os/c1-12-4-6-17-14(10-12)15-11-13(5-7-18-15)2-3-16-19-8-9-20-16;2*1-19-13(17)9-3-5-15-11(7-9)12-8-10(4-6-16-12)14(18)20-2;/h4-7,10-11,16H,2-3,8-9H2,1H3;2*3-8H,1-2H3;. The second-order valence-electron chi connectivity index (χ2n) is 12.7. The molecule has 0 aromatic carbocycles. The summed E-state index contributed by atoms with van der Waals surface area (Å²) in [4.78, 5) is 71.2. The Morgan fingerprint density at radius 2 is 0.803 bits per heavy atom. The third kappa shape index (κ3) is 13.7. The van der Waals surface area contributed by atoms with Crippen molar-refractivity contribution in [2.45, 2.75) is 26.1 Å². The van der Waals surface area contributed by atoms with Crippen LogP contribution < -0.4 is 0 Å². The minimum atomic E-state index is -0.460. The molecule has 7 heterocycles. The molecule has 0 N–H and O–H groups in total. The van der Waals surface area contributed by atoms with Crippen LogP contribution in [-0.2, 0) is 54.6 Å². The Morgan fingerprint density at radius 1 is 0.492 bits per heavy atom. The van der Waals surface area contributed by atoms with E-state index in [2.05, 4.69) is 67.9 Å². The number of carbonyl (C=O) groups is 4. The van der Waals surface area contributed by atoms with Crippen molar-refractivity contribution in [2.24, 2.45) is 0 Å². The number of pyridine rings is 6. The minimum absolute atomic E-state index is 0. The molecule has 0 spiro atoms. The molecule has 6 aromatic heterocycles. The van der Waals surface area contributed by atoms with Crippen LogP contribution in [0.3, 0.4) is 0 Å². The third-order valence-electron chi connectivity index (χ3n) is 8.61. The molecule has 7 rings (SSSR count). The molecule has 6 aromatic rings. The van der Waals surface area contributed by atoms with Gasteiger partial charge in [-0.25, -0.2) is 19.2 Å². The largest absolute Gasteiger partial charge is 0.465 e. The van der Waals surface area contributed by atoms with Gasteiger partial charge in [0.25, 0.3) is 0 Å². The number of methoxy groups -OCH3 is 4. The Balaban J connectivity index is 0.000000200. The van der Waals surface area contributed by atoms with Gasteiger partial charge in [0.05, 0.1) is 98.1 Å². The third-order valence-corrected chi connectivity index (χ3v) is 8.61. The molecule has 0 aliphatic carbocycles. The zero-order valence-corrected chi connectivity index (χ0v) is 36.5. The van der Waals surface area contributed by atoms with Crippen LogP contribution in [-0.4, -0.2) is 102 Å². The van der Waals surface area contributed by atoms with E-state index in [4.69, 9.17) is 9.47 Å². The molecule has 0 saturated carbocycles. The monoisotopic (exact) mass is 1010 g/mol. The van der Waals surface area contributed by atoms with Gasteiger partial charge in [-0.2, -0.15) is 0 Å². The van der Waals surface area contributed by atoms with Crippen LogP contribution in [0, 0.1) is 6.92 Å². The molecule has 17 heteroatoms.